The van der Waals surface area contributed by atoms with Gasteiger partial charge in [-0.25, -0.2) is 4.99 Å². The van der Waals surface area contributed by atoms with Gasteiger partial charge in [-0.1, -0.05) is 47.7 Å². The number of nitrogens with zero attached hydrogens (tertiary/aromatic N) is 1. The van der Waals surface area contributed by atoms with Crippen LogP contribution in [0.1, 0.15) is 4.88 Å². The van der Waals surface area contributed by atoms with Gasteiger partial charge in [0.25, 0.3) is 5.91 Å². The number of aromatic amines is 1. The molecule has 0 fully saturated rings. The fourth-order valence-electron chi connectivity index (χ4n) is 2.56. The van der Waals surface area contributed by atoms with Crippen LogP contribution in [0.5, 0.6) is 0 Å². The molecule has 2 N–H and O–H groups in total. The first-order chi connectivity index (χ1) is 12.2. The number of benzene rings is 2. The number of hydrogen-bond acceptors (Lipinski definition) is 4. The molecule has 6 heteroatoms. The minimum absolute atomic E-state index is 0.189. The van der Waals surface area contributed by atoms with Gasteiger partial charge in [0.2, 0.25) is 0 Å². The number of H-pyrrole nitrogens is 1. The Bertz CT molecular complexity index is 1160. The topological polar surface area (TPSA) is 74.3 Å². The molecule has 0 saturated carbocycles. The second-order valence-electron chi connectivity index (χ2n) is 5.46. The molecular weight excluding hydrogens is 334 g/mol. The van der Waals surface area contributed by atoms with E-state index in [0.29, 0.717) is 21.6 Å². The molecule has 0 atom stereocenters. The van der Waals surface area contributed by atoms with Gasteiger partial charge in [-0.05, 0) is 30.4 Å². The smallest absolute Gasteiger partial charge is 0.306 e. The summed E-state index contributed by atoms with van der Waals surface area (Å²) in [5.74, 6) is 0.249. The predicted octanol–water partition coefficient (Wildman–Crippen LogP) is 2.20. The molecule has 0 radical (unpaired) electrons. The summed E-state index contributed by atoms with van der Waals surface area (Å²) in [7, 11) is 0. The lowest BCUT2D eigenvalue weighted by molar-refractivity contribution is -0.114. The Kier molecular flexibility index (Phi) is 3.87. The van der Waals surface area contributed by atoms with E-state index in [2.05, 4.69) is 15.3 Å². The molecule has 2 heterocycles. The van der Waals surface area contributed by atoms with Crippen LogP contribution in [-0.4, -0.2) is 10.9 Å². The highest BCUT2D eigenvalue weighted by Crippen LogP contribution is 2.23. The zero-order valence-electron chi connectivity index (χ0n) is 13.0. The standard InChI is InChI=1S/C19H13N3O2S/c23-18-13(10-12-6-4-5-9-15(12)21-18)11-16-17(22-19(24)25-16)20-14-7-2-1-3-8-14/h1-11,20H,(H,22,24)/b13-11-. The number of thiazole rings is 1. The third kappa shape index (κ3) is 3.20. The van der Waals surface area contributed by atoms with Crippen LogP contribution in [0.25, 0.3) is 12.2 Å². The van der Waals surface area contributed by atoms with Crippen molar-refractivity contribution < 1.29 is 4.79 Å². The monoisotopic (exact) mass is 347 g/mol. The third-order valence-corrected chi connectivity index (χ3v) is 4.55. The molecule has 2 aromatic carbocycles. The summed E-state index contributed by atoms with van der Waals surface area (Å²) in [5, 5.41) is 4.72. The van der Waals surface area contributed by atoms with E-state index in [1.807, 2.05) is 48.5 Å². The number of anilines is 2. The Hall–Kier alpha value is -3.25. The quantitative estimate of drug-likeness (QED) is 0.714. The van der Waals surface area contributed by atoms with Crippen LogP contribution in [0.3, 0.4) is 0 Å². The van der Waals surface area contributed by atoms with E-state index in [-0.39, 0.29) is 10.8 Å². The van der Waals surface area contributed by atoms with E-state index in [1.54, 1.807) is 18.2 Å². The van der Waals surface area contributed by atoms with Crippen LogP contribution >= 0.6 is 11.3 Å². The highest BCUT2D eigenvalue weighted by molar-refractivity contribution is 7.10. The summed E-state index contributed by atoms with van der Waals surface area (Å²) in [6.07, 6.45) is 3.48. The summed E-state index contributed by atoms with van der Waals surface area (Å²) in [4.78, 5) is 31.4. The van der Waals surface area contributed by atoms with E-state index in [0.717, 1.165) is 22.2 Å². The fourth-order valence-corrected chi connectivity index (χ4v) is 3.30. The van der Waals surface area contributed by atoms with Crippen LogP contribution in [0.4, 0.5) is 11.5 Å². The molecule has 25 heavy (non-hydrogen) atoms. The van der Waals surface area contributed by atoms with Gasteiger partial charge in [-0.3, -0.25) is 14.6 Å². The van der Waals surface area contributed by atoms with Crippen molar-refractivity contribution in [1.29, 1.82) is 0 Å². The molecule has 1 aliphatic heterocycles. The van der Waals surface area contributed by atoms with Crippen molar-refractivity contribution in [3.63, 3.8) is 0 Å². The lowest BCUT2D eigenvalue weighted by atomic mass is 10.1. The zero-order chi connectivity index (χ0) is 17.2. The highest BCUT2D eigenvalue weighted by Gasteiger charge is 2.13. The fraction of sp³-hybridized carbons (Fsp3) is 0. The highest BCUT2D eigenvalue weighted by atomic mass is 32.1. The first kappa shape index (κ1) is 15.3. The average Bonchev–Trinajstić information content (AvgIpc) is 2.95. The van der Waals surface area contributed by atoms with Gasteiger partial charge in [-0.2, -0.15) is 0 Å². The SMILES string of the molecule is O=C1N=c2ccccc2=C/C1=C/c1sc(=O)[nH]c1Nc1ccccc1. The number of carbonyl (C=O) groups is 1. The molecule has 0 unspecified atom stereocenters. The maximum atomic E-state index is 12.3. The molecule has 3 aromatic rings. The van der Waals surface area contributed by atoms with Gasteiger partial charge in [0.1, 0.15) is 5.82 Å². The molecular formula is C19H13N3O2S. The lowest BCUT2D eigenvalue weighted by Gasteiger charge is -2.06. The molecule has 122 valence electrons. The Morgan fingerprint density at radius 2 is 1.76 bits per heavy atom. The van der Waals surface area contributed by atoms with Crippen molar-refractivity contribution in [2.24, 2.45) is 4.99 Å². The van der Waals surface area contributed by atoms with E-state index in [1.165, 1.54) is 0 Å². The first-order valence-electron chi connectivity index (χ1n) is 7.66. The Morgan fingerprint density at radius 3 is 2.60 bits per heavy atom. The second kappa shape index (κ2) is 6.33. The van der Waals surface area contributed by atoms with E-state index >= 15 is 0 Å². The van der Waals surface area contributed by atoms with Crippen LogP contribution in [0, 0.1) is 0 Å². The number of amides is 1. The number of nitrogens with one attached hydrogen (secondary N) is 2. The van der Waals surface area contributed by atoms with Crippen molar-refractivity contribution in [2.75, 3.05) is 5.32 Å². The van der Waals surface area contributed by atoms with Crippen LogP contribution in [0.2, 0.25) is 0 Å². The van der Waals surface area contributed by atoms with Gasteiger partial charge < -0.3 is 5.32 Å². The van der Waals surface area contributed by atoms with E-state index in [9.17, 15) is 9.59 Å². The zero-order valence-corrected chi connectivity index (χ0v) is 13.8. The summed E-state index contributed by atoms with van der Waals surface area (Å²) in [6, 6.07) is 17.0. The number of para-hydroxylation sites is 2. The van der Waals surface area contributed by atoms with Crippen molar-refractivity contribution in [2.45, 2.75) is 0 Å². The number of aromatic nitrogens is 1. The number of rotatable bonds is 3. The van der Waals surface area contributed by atoms with Gasteiger partial charge in [-0.15, -0.1) is 0 Å². The van der Waals surface area contributed by atoms with Gasteiger partial charge in [0, 0.05) is 16.5 Å². The largest absolute Gasteiger partial charge is 0.341 e. The number of fused-ring (bicyclic) bond motifs is 1. The average molecular weight is 347 g/mol. The molecule has 5 nitrogen and oxygen atoms in total. The van der Waals surface area contributed by atoms with Gasteiger partial charge >= 0.3 is 4.87 Å². The lowest BCUT2D eigenvalue weighted by Crippen LogP contribution is -2.29. The minimum atomic E-state index is -0.315. The van der Waals surface area contributed by atoms with Crippen LogP contribution in [-0.2, 0) is 4.79 Å². The van der Waals surface area contributed by atoms with E-state index in [4.69, 9.17) is 0 Å². The summed E-state index contributed by atoms with van der Waals surface area (Å²) >= 11 is 1.05. The summed E-state index contributed by atoms with van der Waals surface area (Å²) < 4.78 is 0. The molecule has 0 saturated heterocycles. The number of hydrogen-bond donors (Lipinski definition) is 2. The summed E-state index contributed by atoms with van der Waals surface area (Å²) in [5.41, 5.74) is 1.30. The molecule has 1 aliphatic rings. The van der Waals surface area contributed by atoms with Crippen molar-refractivity contribution in [1.82, 2.24) is 4.98 Å². The normalized spacial score (nSPS) is 14.6. The van der Waals surface area contributed by atoms with Gasteiger partial charge in [0.15, 0.2) is 0 Å². The third-order valence-electron chi connectivity index (χ3n) is 3.72. The second-order valence-corrected chi connectivity index (χ2v) is 6.48. The molecule has 1 aromatic heterocycles. The maximum Gasteiger partial charge on any atom is 0.306 e. The van der Waals surface area contributed by atoms with Crippen molar-refractivity contribution >= 4 is 40.9 Å². The Balaban J connectivity index is 1.76. The predicted molar refractivity (Wildman–Crippen MR) is 99.3 cm³/mol. The molecule has 0 aliphatic carbocycles. The maximum absolute atomic E-state index is 12.3. The first-order valence-corrected chi connectivity index (χ1v) is 8.47. The number of carbonyl (C=O) groups excluding carboxylic acids is 1. The molecule has 0 bridgehead atoms. The Morgan fingerprint density at radius 1 is 1.00 bits per heavy atom. The van der Waals surface area contributed by atoms with Crippen LogP contribution < -0.4 is 20.8 Å². The summed E-state index contributed by atoms with van der Waals surface area (Å²) in [6.45, 7) is 0. The van der Waals surface area contributed by atoms with E-state index < -0.39 is 0 Å². The van der Waals surface area contributed by atoms with Crippen molar-refractivity contribution in [3.8, 4) is 0 Å². The van der Waals surface area contributed by atoms with Gasteiger partial charge in [0.05, 0.1) is 10.2 Å². The Labute approximate surface area is 146 Å². The van der Waals surface area contributed by atoms with Crippen LogP contribution in [0.15, 0.2) is 70.0 Å². The van der Waals surface area contributed by atoms with Crippen molar-refractivity contribution in [3.05, 3.63) is 85.3 Å². The molecule has 0 spiro atoms. The molecule has 4 rings (SSSR count). The minimum Gasteiger partial charge on any atom is -0.341 e. The molecule has 1 amide bonds.